The topological polar surface area (TPSA) is 149 Å². The molecule has 30 heavy (non-hydrogen) atoms. The van der Waals surface area contributed by atoms with Crippen LogP contribution in [-0.4, -0.2) is 52.2 Å². The summed E-state index contributed by atoms with van der Waals surface area (Å²) in [5.41, 5.74) is 1.71. The minimum atomic E-state index is -0.494. The van der Waals surface area contributed by atoms with Gasteiger partial charge in [-0.1, -0.05) is 6.07 Å². The SMILES string of the molecule is O=c1[nH]c(O)c(/C=c2\cnn3c(=NC4CC4)nc(NCCc4ccccn4)nc23)[nH]1. The molecule has 0 atom stereocenters. The predicted octanol–water partition coefficient (Wildman–Crippen LogP) is -0.493. The van der Waals surface area contributed by atoms with Gasteiger partial charge in [-0.2, -0.15) is 19.6 Å². The molecule has 0 aromatic carbocycles. The molecular formula is C19H19N9O2. The number of fused-ring (bicyclic) bond motifs is 1. The maximum atomic E-state index is 11.4. The number of H-pyrrole nitrogens is 2. The van der Waals surface area contributed by atoms with E-state index in [0.717, 1.165) is 25.0 Å². The average Bonchev–Trinajstić information content (AvgIpc) is 3.37. The van der Waals surface area contributed by atoms with Gasteiger partial charge in [-0.3, -0.25) is 9.97 Å². The number of anilines is 1. The van der Waals surface area contributed by atoms with Gasteiger partial charge >= 0.3 is 5.69 Å². The van der Waals surface area contributed by atoms with Gasteiger partial charge in [0.05, 0.1) is 12.2 Å². The summed E-state index contributed by atoms with van der Waals surface area (Å²) in [7, 11) is 0. The molecule has 4 aromatic heterocycles. The highest BCUT2D eigenvalue weighted by molar-refractivity contribution is 5.57. The summed E-state index contributed by atoms with van der Waals surface area (Å²) in [4.78, 5) is 34.3. The van der Waals surface area contributed by atoms with Crippen molar-refractivity contribution < 1.29 is 5.11 Å². The molecule has 0 amide bonds. The summed E-state index contributed by atoms with van der Waals surface area (Å²) in [5.74, 6) is 0.185. The molecule has 152 valence electrons. The van der Waals surface area contributed by atoms with E-state index < -0.39 is 5.69 Å². The predicted molar refractivity (Wildman–Crippen MR) is 108 cm³/mol. The summed E-state index contributed by atoms with van der Waals surface area (Å²) in [6, 6.07) is 6.05. The summed E-state index contributed by atoms with van der Waals surface area (Å²) in [5, 5.41) is 18.0. The van der Waals surface area contributed by atoms with Crippen molar-refractivity contribution in [3.8, 4) is 5.88 Å². The zero-order chi connectivity index (χ0) is 20.5. The average molecular weight is 405 g/mol. The Labute approximate surface area is 169 Å². The normalized spacial score (nSPS) is 15.2. The molecule has 5 rings (SSSR count). The van der Waals surface area contributed by atoms with Crippen LogP contribution in [0.15, 0.2) is 40.4 Å². The zero-order valence-corrected chi connectivity index (χ0v) is 15.9. The molecule has 11 nitrogen and oxygen atoms in total. The van der Waals surface area contributed by atoms with Crippen molar-refractivity contribution in [1.82, 2.24) is 34.5 Å². The number of hydrogen-bond acceptors (Lipinski definition) is 8. The van der Waals surface area contributed by atoms with E-state index in [9.17, 15) is 9.90 Å². The van der Waals surface area contributed by atoms with Gasteiger partial charge in [0.15, 0.2) is 5.65 Å². The van der Waals surface area contributed by atoms with Crippen LogP contribution < -0.4 is 21.8 Å². The Kier molecular flexibility index (Phi) is 4.46. The lowest BCUT2D eigenvalue weighted by Gasteiger charge is -2.05. The van der Waals surface area contributed by atoms with Gasteiger partial charge < -0.3 is 15.4 Å². The first-order valence-corrected chi connectivity index (χ1v) is 9.62. The highest BCUT2D eigenvalue weighted by atomic mass is 16.3. The fourth-order valence-corrected chi connectivity index (χ4v) is 3.01. The molecule has 1 aliphatic rings. The van der Waals surface area contributed by atoms with Gasteiger partial charge in [-0.15, -0.1) is 0 Å². The Balaban J connectivity index is 1.53. The molecule has 0 aliphatic heterocycles. The smallest absolute Gasteiger partial charge is 0.326 e. The molecule has 4 aromatic rings. The Morgan fingerprint density at radius 3 is 2.93 bits per heavy atom. The quantitative estimate of drug-likeness (QED) is 0.338. The van der Waals surface area contributed by atoms with Crippen LogP contribution in [0.1, 0.15) is 24.2 Å². The van der Waals surface area contributed by atoms with E-state index in [2.05, 4.69) is 40.3 Å². The Morgan fingerprint density at radius 1 is 1.30 bits per heavy atom. The Bertz CT molecular complexity index is 1370. The molecule has 4 N–H and O–H groups in total. The fourth-order valence-electron chi connectivity index (χ4n) is 3.01. The zero-order valence-electron chi connectivity index (χ0n) is 15.9. The maximum Gasteiger partial charge on any atom is 0.326 e. The van der Waals surface area contributed by atoms with E-state index in [-0.39, 0.29) is 17.6 Å². The van der Waals surface area contributed by atoms with E-state index in [0.29, 0.717) is 29.0 Å². The maximum absolute atomic E-state index is 11.4. The minimum Gasteiger partial charge on any atom is -0.493 e. The number of imidazole rings is 1. The number of pyridine rings is 1. The van der Waals surface area contributed by atoms with E-state index in [1.807, 2.05) is 18.2 Å². The van der Waals surface area contributed by atoms with Crippen molar-refractivity contribution in [1.29, 1.82) is 0 Å². The lowest BCUT2D eigenvalue weighted by molar-refractivity contribution is 0.454. The van der Waals surface area contributed by atoms with Crippen LogP contribution in [0.25, 0.3) is 11.7 Å². The van der Waals surface area contributed by atoms with E-state index >= 15 is 0 Å². The molecule has 1 aliphatic carbocycles. The van der Waals surface area contributed by atoms with Crippen molar-refractivity contribution in [2.24, 2.45) is 4.99 Å². The van der Waals surface area contributed by atoms with Gasteiger partial charge in [0, 0.05) is 30.1 Å². The third-order valence-electron chi connectivity index (χ3n) is 4.65. The first kappa shape index (κ1) is 18.0. The van der Waals surface area contributed by atoms with Gasteiger partial charge in [0.25, 0.3) is 5.62 Å². The molecular weight excluding hydrogens is 386 g/mol. The van der Waals surface area contributed by atoms with Crippen LogP contribution in [0.5, 0.6) is 5.88 Å². The van der Waals surface area contributed by atoms with Crippen molar-refractivity contribution in [3.63, 3.8) is 0 Å². The third-order valence-corrected chi connectivity index (χ3v) is 4.65. The number of nitrogens with one attached hydrogen (secondary N) is 3. The second-order valence-electron chi connectivity index (χ2n) is 7.03. The number of aromatic amines is 2. The van der Waals surface area contributed by atoms with Gasteiger partial charge in [-0.05, 0) is 31.1 Å². The van der Waals surface area contributed by atoms with Gasteiger partial charge in [0.1, 0.15) is 5.69 Å². The van der Waals surface area contributed by atoms with Crippen LogP contribution in [0.3, 0.4) is 0 Å². The molecule has 0 radical (unpaired) electrons. The standard InChI is InChI=1S/C19H19N9O2/c29-16-14(24-19(30)26-16)9-11-10-22-28-15(11)25-17(27-18(28)23-13-4-5-13)21-8-6-12-3-1-2-7-20-12/h1-3,7,9-10,13,29H,4-6,8H2,(H,21,23,27)(H2,24,26,30)/b11-9+. The number of hydrogen-bond donors (Lipinski definition) is 4. The van der Waals surface area contributed by atoms with E-state index in [1.54, 1.807) is 23.0 Å². The number of nitrogens with zero attached hydrogens (tertiary/aromatic N) is 6. The second-order valence-corrected chi connectivity index (χ2v) is 7.03. The van der Waals surface area contributed by atoms with Crippen LogP contribution in [0, 0.1) is 0 Å². The molecule has 11 heteroatoms. The van der Waals surface area contributed by atoms with Gasteiger partial charge in [-0.25, -0.2) is 9.79 Å². The van der Waals surface area contributed by atoms with Crippen LogP contribution in [0.2, 0.25) is 0 Å². The first-order valence-electron chi connectivity index (χ1n) is 9.62. The summed E-state index contributed by atoms with van der Waals surface area (Å²) < 4.78 is 1.57. The number of aromatic nitrogens is 7. The highest BCUT2D eigenvalue weighted by Crippen LogP contribution is 2.22. The van der Waals surface area contributed by atoms with Gasteiger partial charge in [0.2, 0.25) is 11.8 Å². The first-order chi connectivity index (χ1) is 14.7. The summed E-state index contributed by atoms with van der Waals surface area (Å²) >= 11 is 0. The Hall–Kier alpha value is -4.02. The molecule has 4 heterocycles. The van der Waals surface area contributed by atoms with Crippen molar-refractivity contribution in [2.45, 2.75) is 25.3 Å². The Morgan fingerprint density at radius 2 is 2.20 bits per heavy atom. The van der Waals surface area contributed by atoms with Crippen molar-refractivity contribution in [2.75, 3.05) is 11.9 Å². The molecule has 0 bridgehead atoms. The lowest BCUT2D eigenvalue weighted by atomic mass is 10.3. The molecule has 1 saturated carbocycles. The van der Waals surface area contributed by atoms with Crippen LogP contribution in [0.4, 0.5) is 5.95 Å². The number of aromatic hydroxyl groups is 1. The largest absolute Gasteiger partial charge is 0.493 e. The highest BCUT2D eigenvalue weighted by Gasteiger charge is 2.21. The van der Waals surface area contributed by atoms with Crippen LogP contribution in [-0.2, 0) is 6.42 Å². The van der Waals surface area contributed by atoms with E-state index in [1.165, 1.54) is 0 Å². The van der Waals surface area contributed by atoms with E-state index in [4.69, 9.17) is 0 Å². The third kappa shape index (κ3) is 3.77. The second kappa shape index (κ2) is 7.43. The molecule has 1 fully saturated rings. The van der Waals surface area contributed by atoms with Crippen LogP contribution >= 0.6 is 0 Å². The number of rotatable bonds is 6. The summed E-state index contributed by atoms with van der Waals surface area (Å²) in [6.45, 7) is 0.606. The van der Waals surface area contributed by atoms with Crippen molar-refractivity contribution >= 4 is 17.7 Å². The minimum absolute atomic E-state index is 0.245. The van der Waals surface area contributed by atoms with Crippen molar-refractivity contribution in [3.05, 3.63) is 63.3 Å². The lowest BCUT2D eigenvalue weighted by Crippen LogP contribution is -2.25. The summed E-state index contributed by atoms with van der Waals surface area (Å²) in [6.07, 6.45) is 7.75. The molecule has 0 saturated heterocycles. The monoisotopic (exact) mass is 405 g/mol. The fraction of sp³-hybridized carbons (Fsp3) is 0.263. The molecule has 0 spiro atoms. The molecule has 0 unspecified atom stereocenters.